The fraction of sp³-hybridized carbons (Fsp3) is 0.786. The van der Waals surface area contributed by atoms with Crippen molar-refractivity contribution in [3.63, 3.8) is 0 Å². The lowest BCUT2D eigenvalue weighted by Gasteiger charge is -2.58. The Morgan fingerprint density at radius 3 is 1.70 bits per heavy atom. The second kappa shape index (κ2) is 10.9. The Morgan fingerprint density at radius 2 is 1.16 bits per heavy atom. The standard InChI is InChI=1S/C21H30O.C21H28O/c2*1-4-14-6-8-18-17-7-5-15-13-16(22)9-11-21(15,3)19(17)10-12-20(14,18)2/h1,13-14,16-19,22H,5-12H2,2-3H3;1,13-14,17-19H,5-12H2,2-3H3/t14?,16-,17?,18?,19?,20?,21?;/m0./s1. The highest BCUT2D eigenvalue weighted by Crippen LogP contribution is 2.68. The molecule has 1 N–H and O–H groups in total. The van der Waals surface area contributed by atoms with Gasteiger partial charge in [-0.15, -0.1) is 24.7 Å². The van der Waals surface area contributed by atoms with Crippen LogP contribution in [0.15, 0.2) is 23.3 Å². The molecule has 0 radical (unpaired) electrons. The molecule has 0 aliphatic heterocycles. The number of aliphatic hydroxyl groups is 1. The lowest BCUT2D eigenvalue weighted by molar-refractivity contribution is -0.117. The predicted octanol–water partition coefficient (Wildman–Crippen LogP) is 9.33. The highest BCUT2D eigenvalue weighted by Gasteiger charge is 2.60. The van der Waals surface area contributed by atoms with Gasteiger partial charge in [0.1, 0.15) is 0 Å². The third-order valence-electron chi connectivity index (χ3n) is 16.5. The topological polar surface area (TPSA) is 37.3 Å². The molecule has 8 aliphatic carbocycles. The number of rotatable bonds is 0. The minimum atomic E-state index is -0.189. The average Bonchev–Trinajstić information content (AvgIpc) is 3.54. The highest BCUT2D eigenvalue weighted by molar-refractivity contribution is 5.91. The Kier molecular flexibility index (Phi) is 7.65. The van der Waals surface area contributed by atoms with Crippen LogP contribution in [-0.2, 0) is 4.79 Å². The van der Waals surface area contributed by atoms with E-state index in [1.807, 2.05) is 6.08 Å². The molecule has 8 rings (SSSR count). The van der Waals surface area contributed by atoms with E-state index in [0.717, 1.165) is 61.2 Å². The van der Waals surface area contributed by atoms with Crippen molar-refractivity contribution < 1.29 is 9.90 Å². The molecular weight excluding hydrogens is 536 g/mol. The minimum Gasteiger partial charge on any atom is -0.389 e. The summed E-state index contributed by atoms with van der Waals surface area (Å²) in [5, 5.41) is 10.0. The third-order valence-corrected chi connectivity index (χ3v) is 16.5. The molecule has 2 heteroatoms. The molecular formula is C42H58O2. The molecule has 2 nitrogen and oxygen atoms in total. The summed E-state index contributed by atoms with van der Waals surface area (Å²) >= 11 is 0. The second-order valence-electron chi connectivity index (χ2n) is 17.8. The van der Waals surface area contributed by atoms with Crippen molar-refractivity contribution in [1.29, 1.82) is 0 Å². The fourth-order valence-electron chi connectivity index (χ4n) is 13.8. The minimum absolute atomic E-state index is 0.189. The van der Waals surface area contributed by atoms with Crippen LogP contribution in [0.3, 0.4) is 0 Å². The van der Waals surface area contributed by atoms with Crippen molar-refractivity contribution in [2.75, 3.05) is 0 Å². The van der Waals surface area contributed by atoms with Crippen molar-refractivity contribution in [1.82, 2.24) is 0 Å². The number of hydrogen-bond donors (Lipinski definition) is 1. The number of hydrogen-bond acceptors (Lipinski definition) is 2. The number of carbonyl (C=O) groups excluding carboxylic acids is 1. The van der Waals surface area contributed by atoms with Crippen LogP contribution < -0.4 is 0 Å². The number of carbonyl (C=O) groups is 1. The first-order valence-electron chi connectivity index (χ1n) is 18.5. The van der Waals surface area contributed by atoms with Crippen LogP contribution in [0.2, 0.25) is 0 Å². The van der Waals surface area contributed by atoms with E-state index in [2.05, 4.69) is 45.6 Å². The quantitative estimate of drug-likeness (QED) is 0.224. The monoisotopic (exact) mass is 594 g/mol. The molecule has 13 atom stereocenters. The summed E-state index contributed by atoms with van der Waals surface area (Å²) < 4.78 is 0. The van der Waals surface area contributed by atoms with Crippen LogP contribution >= 0.6 is 0 Å². The van der Waals surface area contributed by atoms with Crippen molar-refractivity contribution in [3.05, 3.63) is 23.3 Å². The molecule has 0 saturated heterocycles. The number of ketones is 1. The Morgan fingerprint density at radius 1 is 0.636 bits per heavy atom. The van der Waals surface area contributed by atoms with E-state index < -0.39 is 0 Å². The lowest BCUT2D eigenvalue weighted by Crippen LogP contribution is -2.50. The summed E-state index contributed by atoms with van der Waals surface area (Å²) in [6, 6.07) is 0. The first-order chi connectivity index (χ1) is 21.0. The molecule has 8 aliphatic rings. The smallest absolute Gasteiger partial charge is 0.155 e. The van der Waals surface area contributed by atoms with Gasteiger partial charge in [-0.2, -0.15) is 0 Å². The molecule has 0 amide bonds. The van der Waals surface area contributed by atoms with Gasteiger partial charge in [0.2, 0.25) is 0 Å². The van der Waals surface area contributed by atoms with Gasteiger partial charge in [0, 0.05) is 18.3 Å². The second-order valence-corrected chi connectivity index (χ2v) is 17.8. The van der Waals surface area contributed by atoms with Crippen molar-refractivity contribution >= 4 is 5.78 Å². The predicted molar refractivity (Wildman–Crippen MR) is 179 cm³/mol. The third kappa shape index (κ3) is 4.43. The molecule has 238 valence electrons. The van der Waals surface area contributed by atoms with E-state index in [1.54, 1.807) is 5.57 Å². The van der Waals surface area contributed by atoms with Gasteiger partial charge in [-0.05, 0) is 160 Å². The number of fused-ring (bicyclic) bond motifs is 10. The number of allylic oxidation sites excluding steroid dienone is 2. The van der Waals surface area contributed by atoms with Crippen LogP contribution in [0.1, 0.15) is 130 Å². The van der Waals surface area contributed by atoms with Gasteiger partial charge >= 0.3 is 0 Å². The molecule has 0 heterocycles. The van der Waals surface area contributed by atoms with Crippen LogP contribution in [0, 0.1) is 93.7 Å². The lowest BCUT2D eigenvalue weighted by atomic mass is 9.47. The van der Waals surface area contributed by atoms with Gasteiger partial charge in [-0.3, -0.25) is 4.79 Å². The molecule has 6 fully saturated rings. The van der Waals surface area contributed by atoms with E-state index in [-0.39, 0.29) is 6.10 Å². The maximum absolute atomic E-state index is 11.8. The van der Waals surface area contributed by atoms with E-state index in [1.165, 1.54) is 82.6 Å². The maximum Gasteiger partial charge on any atom is 0.155 e. The fourth-order valence-corrected chi connectivity index (χ4v) is 13.8. The molecule has 0 aromatic rings. The number of terminal acetylenes is 2. The zero-order chi connectivity index (χ0) is 31.1. The van der Waals surface area contributed by atoms with Crippen molar-refractivity contribution in [2.45, 2.75) is 137 Å². The van der Waals surface area contributed by atoms with Crippen molar-refractivity contribution in [2.24, 2.45) is 69.0 Å². The van der Waals surface area contributed by atoms with Gasteiger partial charge in [-0.25, -0.2) is 0 Å². The molecule has 0 bridgehead atoms. The summed E-state index contributed by atoms with van der Waals surface area (Å²) in [5.41, 5.74) is 4.49. The summed E-state index contributed by atoms with van der Waals surface area (Å²) in [6.45, 7) is 9.92. The van der Waals surface area contributed by atoms with Crippen LogP contribution in [0.5, 0.6) is 0 Å². The maximum atomic E-state index is 11.8. The Hall–Kier alpha value is -1.77. The van der Waals surface area contributed by atoms with E-state index in [4.69, 9.17) is 12.8 Å². The van der Waals surface area contributed by atoms with Gasteiger partial charge in [-0.1, -0.05) is 44.9 Å². The normalized spacial score (nSPS) is 52.1. The molecule has 0 spiro atoms. The molecule has 44 heavy (non-hydrogen) atoms. The van der Waals surface area contributed by atoms with Crippen LogP contribution in [-0.4, -0.2) is 17.0 Å². The van der Waals surface area contributed by atoms with E-state index in [0.29, 0.717) is 39.3 Å². The molecule has 0 aromatic carbocycles. The van der Waals surface area contributed by atoms with Gasteiger partial charge in [0.15, 0.2) is 5.78 Å². The molecule has 12 unspecified atom stereocenters. The van der Waals surface area contributed by atoms with E-state index >= 15 is 0 Å². The highest BCUT2D eigenvalue weighted by atomic mass is 16.3. The summed E-state index contributed by atoms with van der Waals surface area (Å²) in [4.78, 5) is 11.8. The first-order valence-corrected chi connectivity index (χ1v) is 18.5. The van der Waals surface area contributed by atoms with Crippen LogP contribution in [0.25, 0.3) is 0 Å². The SMILES string of the molecule is C#CC1CCC2C3CCC4=CC(=O)CCC4(C)C3CCC12C.C#CC1CCC2C3CCC4=C[C@@H](O)CCC4(C)C3CCC12C. The largest absolute Gasteiger partial charge is 0.389 e. The zero-order valence-corrected chi connectivity index (χ0v) is 28.2. The van der Waals surface area contributed by atoms with Gasteiger partial charge in [0.25, 0.3) is 0 Å². The van der Waals surface area contributed by atoms with Crippen LogP contribution in [0.4, 0.5) is 0 Å². The summed E-state index contributed by atoms with van der Waals surface area (Å²) in [7, 11) is 0. The zero-order valence-electron chi connectivity index (χ0n) is 28.2. The number of aliphatic hydroxyl groups excluding tert-OH is 1. The molecule has 0 aromatic heterocycles. The van der Waals surface area contributed by atoms with Crippen molar-refractivity contribution in [3.8, 4) is 24.7 Å². The summed E-state index contributed by atoms with van der Waals surface area (Å²) in [5.74, 6) is 12.6. The Balaban J connectivity index is 0.000000142. The molecule has 6 saturated carbocycles. The Bertz CT molecular complexity index is 1320. The average molecular weight is 595 g/mol. The summed E-state index contributed by atoms with van der Waals surface area (Å²) in [6.07, 6.45) is 35.1. The Labute approximate surface area is 268 Å². The van der Waals surface area contributed by atoms with Gasteiger partial charge in [0.05, 0.1) is 6.10 Å². The van der Waals surface area contributed by atoms with E-state index in [9.17, 15) is 9.90 Å². The van der Waals surface area contributed by atoms with Gasteiger partial charge < -0.3 is 5.11 Å². The first kappa shape index (κ1) is 30.9.